The molecule has 1 N–H and O–H groups in total. The van der Waals surface area contributed by atoms with Crippen LogP contribution in [-0.2, 0) is 5.75 Å². The fourth-order valence-corrected chi connectivity index (χ4v) is 2.65. The monoisotopic (exact) mass is 333 g/mol. The van der Waals surface area contributed by atoms with Gasteiger partial charge in [0.25, 0.3) is 0 Å². The molecule has 0 aliphatic rings. The molecule has 118 valence electrons. The van der Waals surface area contributed by atoms with Crippen LogP contribution in [0.15, 0.2) is 47.9 Å². The van der Waals surface area contributed by atoms with Crippen LogP contribution in [0, 0.1) is 0 Å². The number of nitrogens with zero attached hydrogens (tertiary/aromatic N) is 4. The molecule has 0 amide bonds. The number of H-pyrrole nitrogens is 1. The quantitative estimate of drug-likeness (QED) is 0.696. The summed E-state index contributed by atoms with van der Waals surface area (Å²) in [5.74, 6) is 1.17. The van der Waals surface area contributed by atoms with Crippen LogP contribution in [0.25, 0.3) is 12.2 Å². The van der Waals surface area contributed by atoms with Gasteiger partial charge in [0.1, 0.15) is 11.6 Å². The lowest BCUT2D eigenvalue weighted by Crippen LogP contribution is -2.02. The van der Waals surface area contributed by atoms with Crippen molar-refractivity contribution >= 4 is 23.9 Å². The van der Waals surface area contributed by atoms with Gasteiger partial charge in [0.15, 0.2) is 0 Å². The predicted molar refractivity (Wildman–Crippen MR) is 84.8 cm³/mol. The standard InChI is InChI=1S/C15H13F2N5S/c16-14(17)22-9-8-18-13(22)10-23-15-19-12(20-21-15)7-6-11-4-2-1-3-5-11/h1-9,14H,10H2,(H,19,20,21)/b7-6+. The Labute approximate surface area is 135 Å². The highest BCUT2D eigenvalue weighted by Gasteiger charge is 2.12. The van der Waals surface area contributed by atoms with Crippen molar-refractivity contribution in [3.63, 3.8) is 0 Å². The first-order valence-corrected chi connectivity index (χ1v) is 7.79. The molecular formula is C15H13F2N5S. The molecule has 1 aromatic carbocycles. The minimum atomic E-state index is -2.59. The van der Waals surface area contributed by atoms with E-state index in [2.05, 4.69) is 20.2 Å². The summed E-state index contributed by atoms with van der Waals surface area (Å²) in [7, 11) is 0. The van der Waals surface area contributed by atoms with Crippen LogP contribution in [0.2, 0.25) is 0 Å². The van der Waals surface area contributed by atoms with Crippen LogP contribution >= 0.6 is 11.8 Å². The highest BCUT2D eigenvalue weighted by Crippen LogP contribution is 2.21. The van der Waals surface area contributed by atoms with Gasteiger partial charge in [-0.3, -0.25) is 9.67 Å². The third kappa shape index (κ3) is 4.04. The van der Waals surface area contributed by atoms with E-state index in [-0.39, 0.29) is 11.6 Å². The van der Waals surface area contributed by atoms with Gasteiger partial charge in [-0.05, 0) is 11.6 Å². The smallest absolute Gasteiger partial charge is 0.277 e. The Bertz CT molecular complexity index is 782. The lowest BCUT2D eigenvalue weighted by molar-refractivity contribution is 0.0678. The van der Waals surface area contributed by atoms with Gasteiger partial charge >= 0.3 is 6.55 Å². The molecule has 0 saturated carbocycles. The number of thioether (sulfide) groups is 1. The maximum atomic E-state index is 12.7. The number of hydrogen-bond acceptors (Lipinski definition) is 4. The zero-order chi connectivity index (χ0) is 16.1. The van der Waals surface area contributed by atoms with E-state index in [4.69, 9.17) is 0 Å². The second-order valence-electron chi connectivity index (χ2n) is 4.56. The fraction of sp³-hybridized carbons (Fsp3) is 0.133. The van der Waals surface area contributed by atoms with Crippen molar-refractivity contribution in [1.82, 2.24) is 24.7 Å². The average molecular weight is 333 g/mol. The number of hydrogen-bond donors (Lipinski definition) is 1. The summed E-state index contributed by atoms with van der Waals surface area (Å²) < 4.78 is 26.3. The lowest BCUT2D eigenvalue weighted by Gasteiger charge is -2.04. The van der Waals surface area contributed by atoms with E-state index in [0.717, 1.165) is 10.1 Å². The van der Waals surface area contributed by atoms with Crippen LogP contribution in [0.4, 0.5) is 8.78 Å². The van der Waals surface area contributed by atoms with E-state index in [1.54, 1.807) is 0 Å². The van der Waals surface area contributed by atoms with Gasteiger partial charge in [-0.1, -0.05) is 48.2 Å². The number of halogens is 2. The van der Waals surface area contributed by atoms with Crippen molar-refractivity contribution in [3.05, 3.63) is 59.9 Å². The molecule has 3 rings (SSSR count). The number of rotatable bonds is 6. The Hall–Kier alpha value is -2.48. The van der Waals surface area contributed by atoms with E-state index < -0.39 is 6.55 Å². The van der Waals surface area contributed by atoms with Crippen molar-refractivity contribution in [2.45, 2.75) is 17.5 Å². The minimum absolute atomic E-state index is 0.275. The van der Waals surface area contributed by atoms with E-state index in [1.807, 2.05) is 42.5 Å². The molecule has 0 radical (unpaired) electrons. The molecule has 0 aliphatic carbocycles. The van der Waals surface area contributed by atoms with Crippen LogP contribution in [0.5, 0.6) is 0 Å². The molecule has 5 nitrogen and oxygen atoms in total. The zero-order valence-electron chi connectivity index (χ0n) is 11.9. The first kappa shape index (κ1) is 15.4. The maximum absolute atomic E-state index is 12.7. The molecule has 23 heavy (non-hydrogen) atoms. The largest absolute Gasteiger partial charge is 0.319 e. The third-order valence-electron chi connectivity index (χ3n) is 3.00. The van der Waals surface area contributed by atoms with Gasteiger partial charge < -0.3 is 0 Å². The van der Waals surface area contributed by atoms with Crippen molar-refractivity contribution in [2.75, 3.05) is 0 Å². The SMILES string of the molecule is FC(F)n1ccnc1CSc1n[nH]c(/C=C/c2ccccc2)n1. The summed E-state index contributed by atoms with van der Waals surface area (Å²) in [5.41, 5.74) is 1.05. The van der Waals surface area contributed by atoms with Gasteiger partial charge in [0, 0.05) is 12.4 Å². The second-order valence-corrected chi connectivity index (χ2v) is 5.51. The van der Waals surface area contributed by atoms with E-state index in [0.29, 0.717) is 11.0 Å². The van der Waals surface area contributed by atoms with Crippen molar-refractivity contribution in [3.8, 4) is 0 Å². The first-order chi connectivity index (χ1) is 11.2. The number of aromatic amines is 1. The van der Waals surface area contributed by atoms with E-state index in [9.17, 15) is 8.78 Å². The summed E-state index contributed by atoms with van der Waals surface area (Å²) >= 11 is 1.25. The summed E-state index contributed by atoms with van der Waals surface area (Å²) in [6.07, 6.45) is 6.34. The highest BCUT2D eigenvalue weighted by molar-refractivity contribution is 7.98. The Kier molecular flexibility index (Phi) is 4.82. The van der Waals surface area contributed by atoms with Gasteiger partial charge in [-0.2, -0.15) is 8.78 Å². The van der Waals surface area contributed by atoms with Gasteiger partial charge in [-0.25, -0.2) is 9.97 Å². The third-order valence-corrected chi connectivity index (χ3v) is 3.85. The Morgan fingerprint density at radius 3 is 2.83 bits per heavy atom. The van der Waals surface area contributed by atoms with Crippen LogP contribution in [-0.4, -0.2) is 24.7 Å². The second kappa shape index (κ2) is 7.19. The predicted octanol–water partition coefficient (Wildman–Crippen LogP) is 3.86. The molecule has 0 saturated heterocycles. The molecular weight excluding hydrogens is 320 g/mol. The molecule has 0 spiro atoms. The number of nitrogens with one attached hydrogen (secondary N) is 1. The summed E-state index contributed by atoms with van der Waals surface area (Å²) in [6, 6.07) is 9.81. The fourth-order valence-electron chi connectivity index (χ4n) is 1.90. The minimum Gasteiger partial charge on any atom is -0.277 e. The molecule has 0 atom stereocenters. The number of imidazole rings is 1. The molecule has 3 aromatic rings. The van der Waals surface area contributed by atoms with E-state index >= 15 is 0 Å². The molecule has 8 heteroatoms. The maximum Gasteiger partial charge on any atom is 0.319 e. The highest BCUT2D eigenvalue weighted by atomic mass is 32.2. The van der Waals surface area contributed by atoms with Crippen molar-refractivity contribution in [2.24, 2.45) is 0 Å². The molecule has 2 aromatic heterocycles. The number of aromatic nitrogens is 5. The van der Waals surface area contributed by atoms with Gasteiger partial charge in [0.05, 0.1) is 5.75 Å². The molecule has 0 unspecified atom stereocenters. The van der Waals surface area contributed by atoms with Crippen LogP contribution < -0.4 is 0 Å². The Morgan fingerprint density at radius 1 is 1.22 bits per heavy atom. The van der Waals surface area contributed by atoms with E-state index in [1.165, 1.54) is 24.2 Å². The molecule has 2 heterocycles. The molecule has 0 fully saturated rings. The molecule has 0 bridgehead atoms. The summed E-state index contributed by atoms with van der Waals surface area (Å²) in [5, 5.41) is 7.34. The molecule has 0 aliphatic heterocycles. The van der Waals surface area contributed by atoms with Gasteiger partial charge in [-0.15, -0.1) is 5.10 Å². The summed E-state index contributed by atoms with van der Waals surface area (Å²) in [6.45, 7) is -2.59. The Morgan fingerprint density at radius 2 is 2.04 bits per heavy atom. The lowest BCUT2D eigenvalue weighted by atomic mass is 10.2. The Balaban J connectivity index is 1.61. The summed E-state index contributed by atoms with van der Waals surface area (Å²) in [4.78, 5) is 8.20. The average Bonchev–Trinajstić information content (AvgIpc) is 3.21. The van der Waals surface area contributed by atoms with Crippen LogP contribution in [0.3, 0.4) is 0 Å². The number of benzene rings is 1. The zero-order valence-corrected chi connectivity index (χ0v) is 12.8. The normalized spacial score (nSPS) is 11.6. The van der Waals surface area contributed by atoms with Crippen LogP contribution in [0.1, 0.15) is 23.8 Å². The van der Waals surface area contributed by atoms with Gasteiger partial charge in [0.2, 0.25) is 5.16 Å². The first-order valence-electron chi connectivity index (χ1n) is 6.80. The number of alkyl halides is 2. The topological polar surface area (TPSA) is 59.4 Å². The van der Waals surface area contributed by atoms with Crippen molar-refractivity contribution in [1.29, 1.82) is 0 Å². The van der Waals surface area contributed by atoms with Crippen molar-refractivity contribution < 1.29 is 8.78 Å².